The molecule has 0 aliphatic carbocycles. The Labute approximate surface area is 200 Å². The van der Waals surface area contributed by atoms with Crippen molar-refractivity contribution in [3.05, 3.63) is 107 Å². The van der Waals surface area contributed by atoms with Crippen molar-refractivity contribution in [2.45, 2.75) is 0 Å². The molecule has 0 aromatic heterocycles. The molecule has 0 saturated carbocycles. The van der Waals surface area contributed by atoms with Gasteiger partial charge in [-0.2, -0.15) is 5.26 Å². The zero-order valence-electron chi connectivity index (χ0n) is 18.6. The Bertz CT molecular complexity index is 1500. The molecule has 1 N–H and O–H groups in total. The predicted molar refractivity (Wildman–Crippen MR) is 131 cm³/mol. The molecule has 7 heteroatoms. The molecule has 4 aromatic carbocycles. The summed E-state index contributed by atoms with van der Waals surface area (Å²) < 4.78 is 24.8. The second-order valence-corrected chi connectivity index (χ2v) is 7.43. The number of amides is 1. The number of hydrogen-bond donors (Lipinski definition) is 1. The first kappa shape index (κ1) is 23.2. The van der Waals surface area contributed by atoms with E-state index in [1.54, 1.807) is 30.3 Å². The van der Waals surface area contributed by atoms with Crippen LogP contribution in [0.4, 0.5) is 10.1 Å². The first-order valence-electron chi connectivity index (χ1n) is 10.6. The van der Waals surface area contributed by atoms with Crippen LogP contribution in [0.5, 0.6) is 11.5 Å². The fourth-order valence-corrected chi connectivity index (χ4v) is 3.49. The molecule has 0 aliphatic rings. The summed E-state index contributed by atoms with van der Waals surface area (Å²) in [6, 6.07) is 24.9. The summed E-state index contributed by atoms with van der Waals surface area (Å²) in [5.74, 6) is -1.57. The summed E-state index contributed by atoms with van der Waals surface area (Å²) in [4.78, 5) is 25.5. The molecule has 0 heterocycles. The molecular weight excluding hydrogens is 447 g/mol. The van der Waals surface area contributed by atoms with Gasteiger partial charge in [0.05, 0.1) is 18.4 Å². The van der Waals surface area contributed by atoms with Gasteiger partial charge in [0.15, 0.2) is 11.5 Å². The third-order valence-electron chi connectivity index (χ3n) is 5.20. The highest BCUT2D eigenvalue weighted by molar-refractivity contribution is 6.10. The number of ether oxygens (including phenoxy) is 2. The van der Waals surface area contributed by atoms with Gasteiger partial charge in [-0.1, -0.05) is 54.6 Å². The van der Waals surface area contributed by atoms with Crippen LogP contribution in [0.25, 0.3) is 16.8 Å². The number of carbonyl (C=O) groups is 2. The molecule has 0 radical (unpaired) electrons. The van der Waals surface area contributed by atoms with Crippen molar-refractivity contribution < 1.29 is 23.5 Å². The number of benzene rings is 4. The summed E-state index contributed by atoms with van der Waals surface area (Å²) >= 11 is 0. The summed E-state index contributed by atoms with van der Waals surface area (Å²) in [5.41, 5.74) is 0.489. The maximum absolute atomic E-state index is 13.9. The number of methoxy groups -OCH3 is 1. The van der Waals surface area contributed by atoms with Crippen LogP contribution in [0.15, 0.2) is 90.5 Å². The van der Waals surface area contributed by atoms with Gasteiger partial charge in [0.2, 0.25) is 0 Å². The number of halogens is 1. The molecule has 35 heavy (non-hydrogen) atoms. The van der Waals surface area contributed by atoms with Crippen LogP contribution in [-0.2, 0) is 4.79 Å². The topological polar surface area (TPSA) is 88.4 Å². The van der Waals surface area contributed by atoms with E-state index in [1.807, 2.05) is 36.4 Å². The summed E-state index contributed by atoms with van der Waals surface area (Å²) in [7, 11) is 1.43. The number of rotatable bonds is 6. The van der Waals surface area contributed by atoms with Crippen LogP contribution >= 0.6 is 0 Å². The van der Waals surface area contributed by atoms with Gasteiger partial charge in [-0.3, -0.25) is 4.79 Å². The number of hydrogen-bond acceptors (Lipinski definition) is 5. The minimum absolute atomic E-state index is 0.0434. The number of esters is 1. The normalized spacial score (nSPS) is 10.9. The van der Waals surface area contributed by atoms with Crippen molar-refractivity contribution in [1.29, 1.82) is 5.26 Å². The van der Waals surface area contributed by atoms with Gasteiger partial charge < -0.3 is 14.8 Å². The smallest absolute Gasteiger partial charge is 0.344 e. The van der Waals surface area contributed by atoms with E-state index in [0.717, 1.165) is 10.8 Å². The highest BCUT2D eigenvalue weighted by Crippen LogP contribution is 2.31. The fourth-order valence-electron chi connectivity index (χ4n) is 3.49. The molecule has 0 saturated heterocycles. The molecule has 172 valence electrons. The molecule has 0 aliphatic heterocycles. The van der Waals surface area contributed by atoms with E-state index in [9.17, 15) is 19.2 Å². The third-order valence-corrected chi connectivity index (χ3v) is 5.20. The second-order valence-electron chi connectivity index (χ2n) is 7.43. The van der Waals surface area contributed by atoms with Crippen molar-refractivity contribution >= 4 is 34.4 Å². The van der Waals surface area contributed by atoms with E-state index in [0.29, 0.717) is 16.9 Å². The summed E-state index contributed by atoms with van der Waals surface area (Å²) in [5, 5.41) is 13.5. The first-order valence-corrected chi connectivity index (χ1v) is 10.6. The monoisotopic (exact) mass is 466 g/mol. The average Bonchev–Trinajstić information content (AvgIpc) is 2.88. The van der Waals surface area contributed by atoms with Crippen molar-refractivity contribution in [2.75, 3.05) is 12.4 Å². The molecule has 0 bridgehead atoms. The van der Waals surface area contributed by atoms with E-state index in [1.165, 1.54) is 37.5 Å². The largest absolute Gasteiger partial charge is 0.493 e. The Morgan fingerprint density at radius 1 is 0.943 bits per heavy atom. The molecule has 4 rings (SSSR count). The van der Waals surface area contributed by atoms with Gasteiger partial charge >= 0.3 is 5.97 Å². The maximum Gasteiger partial charge on any atom is 0.344 e. The standard InChI is InChI=1S/C28H19FN2O4/c1-34-25-14-13-18(15-20(17-30)27(32)31-24-12-5-4-11-23(24)29)16-26(25)35-28(33)22-10-6-8-19-7-2-3-9-21(19)22/h2-16H,1H3,(H,31,32)/b20-15-. The van der Waals surface area contributed by atoms with Gasteiger partial charge in [-0.05, 0) is 52.7 Å². The van der Waals surface area contributed by atoms with Crippen molar-refractivity contribution in [3.8, 4) is 17.6 Å². The van der Waals surface area contributed by atoms with E-state index in [2.05, 4.69) is 5.32 Å². The van der Waals surface area contributed by atoms with Crippen LogP contribution in [0.3, 0.4) is 0 Å². The lowest BCUT2D eigenvalue weighted by Crippen LogP contribution is -2.14. The molecule has 0 spiro atoms. The number of nitrogens with one attached hydrogen (secondary N) is 1. The zero-order valence-corrected chi connectivity index (χ0v) is 18.6. The Balaban J connectivity index is 1.62. The van der Waals surface area contributed by atoms with Gasteiger partial charge in [0.1, 0.15) is 17.5 Å². The average molecular weight is 466 g/mol. The van der Waals surface area contributed by atoms with E-state index in [4.69, 9.17) is 9.47 Å². The number of anilines is 1. The minimum Gasteiger partial charge on any atom is -0.493 e. The Morgan fingerprint density at radius 3 is 2.46 bits per heavy atom. The fraction of sp³-hybridized carbons (Fsp3) is 0.0357. The van der Waals surface area contributed by atoms with Crippen LogP contribution in [0.1, 0.15) is 15.9 Å². The third kappa shape index (κ3) is 5.18. The van der Waals surface area contributed by atoms with Crippen LogP contribution in [-0.4, -0.2) is 19.0 Å². The Morgan fingerprint density at radius 2 is 1.69 bits per heavy atom. The molecule has 4 aromatic rings. The van der Waals surface area contributed by atoms with Crippen molar-refractivity contribution in [3.63, 3.8) is 0 Å². The number of nitrogens with zero attached hydrogens (tertiary/aromatic N) is 1. The van der Waals surface area contributed by atoms with Crippen molar-refractivity contribution in [2.24, 2.45) is 0 Å². The summed E-state index contributed by atoms with van der Waals surface area (Å²) in [6.07, 6.45) is 1.31. The number of fused-ring (bicyclic) bond motifs is 1. The molecule has 0 unspecified atom stereocenters. The van der Waals surface area contributed by atoms with Gasteiger partial charge in [0, 0.05) is 0 Å². The number of nitriles is 1. The van der Waals surface area contributed by atoms with Gasteiger partial charge in [-0.25, -0.2) is 9.18 Å². The zero-order chi connectivity index (χ0) is 24.8. The quantitative estimate of drug-likeness (QED) is 0.169. The maximum atomic E-state index is 13.9. The Hall–Kier alpha value is -4.96. The molecule has 1 amide bonds. The minimum atomic E-state index is -0.775. The first-order chi connectivity index (χ1) is 17.0. The van der Waals surface area contributed by atoms with Gasteiger partial charge in [0.25, 0.3) is 5.91 Å². The second kappa shape index (κ2) is 10.3. The van der Waals surface area contributed by atoms with E-state index < -0.39 is 17.7 Å². The van der Waals surface area contributed by atoms with Crippen LogP contribution in [0, 0.1) is 17.1 Å². The SMILES string of the molecule is COc1ccc(/C=C(/C#N)C(=O)Nc2ccccc2F)cc1OC(=O)c1cccc2ccccc12. The van der Waals surface area contributed by atoms with Crippen LogP contribution < -0.4 is 14.8 Å². The molecule has 0 fully saturated rings. The van der Waals surface area contributed by atoms with E-state index >= 15 is 0 Å². The van der Waals surface area contributed by atoms with Gasteiger partial charge in [-0.15, -0.1) is 0 Å². The Kier molecular flexibility index (Phi) is 6.84. The predicted octanol–water partition coefficient (Wildman–Crippen LogP) is 5.75. The lowest BCUT2D eigenvalue weighted by atomic mass is 10.0. The molecule has 0 atom stereocenters. The molecule has 6 nitrogen and oxygen atoms in total. The lowest BCUT2D eigenvalue weighted by molar-refractivity contribution is -0.112. The number of carbonyl (C=O) groups excluding carboxylic acids is 2. The lowest BCUT2D eigenvalue weighted by Gasteiger charge is -2.11. The highest BCUT2D eigenvalue weighted by atomic mass is 19.1. The van der Waals surface area contributed by atoms with Crippen LogP contribution in [0.2, 0.25) is 0 Å². The van der Waals surface area contributed by atoms with Crippen molar-refractivity contribution in [1.82, 2.24) is 0 Å². The molecular formula is C28H19FN2O4. The highest BCUT2D eigenvalue weighted by Gasteiger charge is 2.17. The van der Waals surface area contributed by atoms with E-state index in [-0.39, 0.29) is 17.0 Å². The summed E-state index contributed by atoms with van der Waals surface area (Å²) in [6.45, 7) is 0. The number of para-hydroxylation sites is 1.